The molecule has 1 aliphatic rings. The molecule has 1 aromatic carbocycles. The Kier molecular flexibility index (Phi) is 4.73. The van der Waals surface area contributed by atoms with Crippen LogP contribution >= 0.6 is 15.9 Å². The molecule has 0 spiro atoms. The molecule has 27 heavy (non-hydrogen) atoms. The fraction of sp³-hybridized carbons (Fsp3) is 0.263. The van der Waals surface area contributed by atoms with Crippen LogP contribution in [0.15, 0.2) is 47.7 Å². The quantitative estimate of drug-likeness (QED) is 0.602. The Hall–Kier alpha value is -2.61. The van der Waals surface area contributed by atoms with Crippen LogP contribution in [0.25, 0.3) is 11.3 Å². The fourth-order valence-electron chi connectivity index (χ4n) is 3.18. The third kappa shape index (κ3) is 3.37. The maximum absolute atomic E-state index is 13.9. The summed E-state index contributed by atoms with van der Waals surface area (Å²) < 4.78 is 29.3. The van der Waals surface area contributed by atoms with Gasteiger partial charge in [-0.05, 0) is 41.1 Å². The maximum Gasteiger partial charge on any atom is 0.267 e. The number of hydrogen-bond donors (Lipinski definition) is 0. The van der Waals surface area contributed by atoms with Gasteiger partial charge in [0, 0.05) is 48.5 Å². The van der Waals surface area contributed by atoms with Crippen LogP contribution < -0.4 is 0 Å². The average Bonchev–Trinajstić information content (AvgIpc) is 3.37. The molecule has 0 fully saturated rings. The molecular formula is C19H18BrFN4O2. The summed E-state index contributed by atoms with van der Waals surface area (Å²) in [6.07, 6.45) is 6.69. The first-order chi connectivity index (χ1) is 13.1. The van der Waals surface area contributed by atoms with Crippen molar-refractivity contribution >= 4 is 15.9 Å². The summed E-state index contributed by atoms with van der Waals surface area (Å²) in [5.74, 6) is -0.350. The molecule has 0 atom stereocenters. The van der Waals surface area contributed by atoms with Gasteiger partial charge in [-0.3, -0.25) is 9.36 Å². The average molecular weight is 433 g/mol. The molecule has 4 rings (SSSR count). The molecule has 1 aliphatic heterocycles. The van der Waals surface area contributed by atoms with Gasteiger partial charge in [0.15, 0.2) is 0 Å². The van der Waals surface area contributed by atoms with Crippen molar-refractivity contribution in [3.05, 3.63) is 70.2 Å². The van der Waals surface area contributed by atoms with E-state index in [9.17, 15) is 4.39 Å². The Morgan fingerprint density at radius 1 is 1.22 bits per heavy atom. The van der Waals surface area contributed by atoms with Crippen LogP contribution in [0.4, 0.5) is 4.39 Å². The van der Waals surface area contributed by atoms with Crippen LogP contribution in [0.2, 0.25) is 0 Å². The van der Waals surface area contributed by atoms with Crippen molar-refractivity contribution < 1.29 is 13.9 Å². The molecule has 140 valence electrons. The molecule has 0 bridgehead atoms. The number of nitrogens with zero attached hydrogens (tertiary/aromatic N) is 4. The topological polar surface area (TPSA) is 54.1 Å². The fourth-order valence-corrected chi connectivity index (χ4v) is 3.76. The normalized spacial score (nSPS) is 13.8. The van der Waals surface area contributed by atoms with Gasteiger partial charge in [0.1, 0.15) is 22.9 Å². The van der Waals surface area contributed by atoms with E-state index in [2.05, 4.69) is 26.1 Å². The molecule has 0 aliphatic carbocycles. The summed E-state index contributed by atoms with van der Waals surface area (Å²) in [6.45, 7) is 2.82. The van der Waals surface area contributed by atoms with Gasteiger partial charge in [0.05, 0.1) is 11.9 Å². The number of ether oxygens (including phenoxy) is 2. The number of benzene rings is 1. The van der Waals surface area contributed by atoms with Crippen LogP contribution in [-0.2, 0) is 29.5 Å². The predicted molar refractivity (Wildman–Crippen MR) is 101 cm³/mol. The molecule has 3 aromatic rings. The standard InChI is InChI=1S/C19H18BrFN4O2/c1-3-25-18(20)12(10-22-25)8-13-11-24(2)23-17(13)15-5-4-14(21)9-16(15)19-26-6-7-27-19/h4-7,9-11,19H,3,8H2,1-2H3. The van der Waals surface area contributed by atoms with Gasteiger partial charge in [0.2, 0.25) is 0 Å². The zero-order valence-electron chi connectivity index (χ0n) is 14.9. The van der Waals surface area contributed by atoms with Crippen LogP contribution in [-0.4, -0.2) is 19.6 Å². The SMILES string of the molecule is CCn1ncc(Cc2cn(C)nc2-c2ccc(F)cc2C2OC=CO2)c1Br. The molecule has 0 radical (unpaired) electrons. The zero-order valence-corrected chi connectivity index (χ0v) is 16.5. The lowest BCUT2D eigenvalue weighted by Crippen LogP contribution is -2.03. The minimum Gasteiger partial charge on any atom is -0.455 e. The molecular weight excluding hydrogens is 415 g/mol. The molecule has 6 nitrogen and oxygen atoms in total. The monoisotopic (exact) mass is 432 g/mol. The van der Waals surface area contributed by atoms with Crippen LogP contribution in [0.1, 0.15) is 29.9 Å². The van der Waals surface area contributed by atoms with Crippen LogP contribution in [0, 0.1) is 5.82 Å². The molecule has 0 saturated heterocycles. The number of aromatic nitrogens is 4. The first kappa shape index (κ1) is 17.8. The molecule has 0 N–H and O–H groups in total. The Bertz CT molecular complexity index is 1000. The highest BCUT2D eigenvalue weighted by Crippen LogP contribution is 2.35. The van der Waals surface area contributed by atoms with Crippen molar-refractivity contribution in [2.45, 2.75) is 26.2 Å². The van der Waals surface area contributed by atoms with E-state index in [1.54, 1.807) is 10.7 Å². The first-order valence-electron chi connectivity index (χ1n) is 8.55. The smallest absolute Gasteiger partial charge is 0.267 e. The first-order valence-corrected chi connectivity index (χ1v) is 9.34. The number of rotatable bonds is 5. The van der Waals surface area contributed by atoms with E-state index in [0.717, 1.165) is 33.5 Å². The maximum atomic E-state index is 13.9. The lowest BCUT2D eigenvalue weighted by Gasteiger charge is -2.15. The van der Waals surface area contributed by atoms with Crippen molar-refractivity contribution in [1.82, 2.24) is 19.6 Å². The highest BCUT2D eigenvalue weighted by Gasteiger charge is 2.24. The Morgan fingerprint density at radius 3 is 2.70 bits per heavy atom. The summed E-state index contributed by atoms with van der Waals surface area (Å²) >= 11 is 3.61. The highest BCUT2D eigenvalue weighted by molar-refractivity contribution is 9.10. The molecule has 3 heterocycles. The molecule has 2 aromatic heterocycles. The van der Waals surface area contributed by atoms with E-state index in [0.29, 0.717) is 12.0 Å². The number of hydrogen-bond acceptors (Lipinski definition) is 4. The van der Waals surface area contributed by atoms with E-state index in [1.807, 2.05) is 31.0 Å². The van der Waals surface area contributed by atoms with Gasteiger partial charge in [-0.15, -0.1) is 0 Å². The predicted octanol–water partition coefficient (Wildman–Crippen LogP) is 4.31. The summed E-state index contributed by atoms with van der Waals surface area (Å²) in [5.41, 5.74) is 4.21. The zero-order chi connectivity index (χ0) is 19.0. The Labute approximate surface area is 164 Å². The van der Waals surface area contributed by atoms with Crippen molar-refractivity contribution in [2.75, 3.05) is 0 Å². The second kappa shape index (κ2) is 7.19. The summed E-state index contributed by atoms with van der Waals surface area (Å²) in [7, 11) is 1.87. The van der Waals surface area contributed by atoms with Crippen molar-refractivity contribution in [1.29, 1.82) is 0 Å². The van der Waals surface area contributed by atoms with Crippen LogP contribution in [0.3, 0.4) is 0 Å². The molecule has 0 saturated carbocycles. The summed E-state index contributed by atoms with van der Waals surface area (Å²) in [5, 5.41) is 8.99. The Morgan fingerprint density at radius 2 is 2.00 bits per heavy atom. The molecule has 8 heteroatoms. The third-order valence-electron chi connectivity index (χ3n) is 4.41. The largest absolute Gasteiger partial charge is 0.455 e. The van der Waals surface area contributed by atoms with Gasteiger partial charge < -0.3 is 9.47 Å². The van der Waals surface area contributed by atoms with E-state index < -0.39 is 6.29 Å². The third-order valence-corrected chi connectivity index (χ3v) is 5.33. The minimum atomic E-state index is -0.680. The summed E-state index contributed by atoms with van der Waals surface area (Å²) in [6, 6.07) is 4.56. The number of halogens is 2. The summed E-state index contributed by atoms with van der Waals surface area (Å²) in [4.78, 5) is 0. The van der Waals surface area contributed by atoms with E-state index in [1.165, 1.54) is 24.7 Å². The van der Waals surface area contributed by atoms with Gasteiger partial charge in [-0.2, -0.15) is 10.2 Å². The Balaban J connectivity index is 1.76. The number of aryl methyl sites for hydroxylation is 2. The highest BCUT2D eigenvalue weighted by atomic mass is 79.9. The van der Waals surface area contributed by atoms with Gasteiger partial charge >= 0.3 is 0 Å². The van der Waals surface area contributed by atoms with Gasteiger partial charge in [-0.1, -0.05) is 0 Å². The second-order valence-electron chi connectivity index (χ2n) is 6.24. The van der Waals surface area contributed by atoms with E-state index in [-0.39, 0.29) is 5.82 Å². The van der Waals surface area contributed by atoms with E-state index in [4.69, 9.17) is 9.47 Å². The van der Waals surface area contributed by atoms with E-state index >= 15 is 0 Å². The van der Waals surface area contributed by atoms with Crippen molar-refractivity contribution in [3.63, 3.8) is 0 Å². The van der Waals surface area contributed by atoms with Crippen molar-refractivity contribution in [2.24, 2.45) is 7.05 Å². The molecule has 0 unspecified atom stereocenters. The lowest BCUT2D eigenvalue weighted by atomic mass is 9.98. The minimum absolute atomic E-state index is 0.350. The van der Waals surface area contributed by atoms with Crippen molar-refractivity contribution in [3.8, 4) is 11.3 Å². The van der Waals surface area contributed by atoms with Crippen LogP contribution in [0.5, 0.6) is 0 Å². The van der Waals surface area contributed by atoms with Gasteiger partial charge in [-0.25, -0.2) is 4.39 Å². The lowest BCUT2D eigenvalue weighted by molar-refractivity contribution is -0.0243. The molecule has 0 amide bonds. The second-order valence-corrected chi connectivity index (χ2v) is 6.99. The van der Waals surface area contributed by atoms with Gasteiger partial charge in [0.25, 0.3) is 6.29 Å².